The fraction of sp³-hybridized carbons (Fsp3) is 0.286. The summed E-state index contributed by atoms with van der Waals surface area (Å²) in [5.41, 5.74) is 0.987. The molecule has 1 aromatic rings. The molecule has 0 aromatic heterocycles. The van der Waals surface area contributed by atoms with Gasteiger partial charge in [-0.05, 0) is 18.9 Å². The standard InChI is InChI=1S/C14H16N2O/c1-3-11(2)16-14(17)13(10-15)9-12-7-5-4-6-8-12/h3-8,11,13H,1,9H2,2H3,(H,16,17). The predicted octanol–water partition coefficient (Wildman–Crippen LogP) is 2.06. The van der Waals surface area contributed by atoms with Crippen LogP contribution >= 0.6 is 0 Å². The van der Waals surface area contributed by atoms with Crippen LogP contribution in [0.2, 0.25) is 0 Å². The van der Waals surface area contributed by atoms with E-state index in [9.17, 15) is 4.79 Å². The molecule has 0 heterocycles. The first kappa shape index (κ1) is 13.0. The van der Waals surface area contributed by atoms with Gasteiger partial charge in [0.1, 0.15) is 5.92 Å². The molecule has 3 nitrogen and oxygen atoms in total. The van der Waals surface area contributed by atoms with Crippen LogP contribution in [0.25, 0.3) is 0 Å². The van der Waals surface area contributed by atoms with Gasteiger partial charge in [0.25, 0.3) is 0 Å². The Labute approximate surface area is 102 Å². The van der Waals surface area contributed by atoms with Crippen molar-refractivity contribution in [3.8, 4) is 6.07 Å². The fourth-order valence-corrected chi connectivity index (χ4v) is 1.43. The van der Waals surface area contributed by atoms with Crippen molar-refractivity contribution in [2.45, 2.75) is 19.4 Å². The van der Waals surface area contributed by atoms with E-state index >= 15 is 0 Å². The Hall–Kier alpha value is -2.08. The predicted molar refractivity (Wildman–Crippen MR) is 67.1 cm³/mol. The van der Waals surface area contributed by atoms with Crippen LogP contribution in [0.1, 0.15) is 12.5 Å². The quantitative estimate of drug-likeness (QED) is 0.784. The molecule has 1 rings (SSSR count). The lowest BCUT2D eigenvalue weighted by Crippen LogP contribution is -2.36. The number of carbonyl (C=O) groups is 1. The number of amides is 1. The Bertz CT molecular complexity index is 420. The summed E-state index contributed by atoms with van der Waals surface area (Å²) in [5, 5.41) is 11.7. The van der Waals surface area contributed by atoms with Crippen molar-refractivity contribution in [1.29, 1.82) is 5.26 Å². The molecule has 0 aliphatic heterocycles. The van der Waals surface area contributed by atoms with E-state index in [4.69, 9.17) is 5.26 Å². The molecule has 0 saturated carbocycles. The molecule has 0 aliphatic rings. The zero-order valence-electron chi connectivity index (χ0n) is 9.89. The zero-order valence-corrected chi connectivity index (χ0v) is 9.89. The van der Waals surface area contributed by atoms with E-state index in [-0.39, 0.29) is 11.9 Å². The molecule has 0 radical (unpaired) electrons. The molecular formula is C14H16N2O. The molecule has 3 heteroatoms. The molecule has 1 aromatic carbocycles. The van der Waals surface area contributed by atoms with Gasteiger partial charge in [-0.25, -0.2) is 0 Å². The molecule has 0 spiro atoms. The normalized spacial score (nSPS) is 13.2. The average molecular weight is 228 g/mol. The molecule has 17 heavy (non-hydrogen) atoms. The minimum Gasteiger partial charge on any atom is -0.349 e. The lowest BCUT2D eigenvalue weighted by molar-refractivity contribution is -0.123. The van der Waals surface area contributed by atoms with E-state index in [1.807, 2.05) is 43.3 Å². The molecule has 0 saturated heterocycles. The zero-order chi connectivity index (χ0) is 12.7. The first-order valence-electron chi connectivity index (χ1n) is 5.54. The number of benzene rings is 1. The number of nitriles is 1. The van der Waals surface area contributed by atoms with Crippen molar-refractivity contribution in [2.75, 3.05) is 0 Å². The monoisotopic (exact) mass is 228 g/mol. The van der Waals surface area contributed by atoms with Gasteiger partial charge < -0.3 is 5.32 Å². The molecular weight excluding hydrogens is 212 g/mol. The van der Waals surface area contributed by atoms with Crippen molar-refractivity contribution in [3.05, 3.63) is 48.6 Å². The Morgan fingerprint density at radius 2 is 2.18 bits per heavy atom. The van der Waals surface area contributed by atoms with E-state index in [0.29, 0.717) is 6.42 Å². The van der Waals surface area contributed by atoms with Gasteiger partial charge in [0.15, 0.2) is 0 Å². The molecule has 2 atom stereocenters. The van der Waals surface area contributed by atoms with Crippen LogP contribution in [-0.2, 0) is 11.2 Å². The van der Waals surface area contributed by atoms with Gasteiger partial charge in [0.05, 0.1) is 6.07 Å². The third-order valence-electron chi connectivity index (χ3n) is 2.48. The van der Waals surface area contributed by atoms with Crippen LogP contribution < -0.4 is 5.32 Å². The van der Waals surface area contributed by atoms with Gasteiger partial charge >= 0.3 is 0 Å². The van der Waals surface area contributed by atoms with Crippen LogP contribution in [0.4, 0.5) is 0 Å². The van der Waals surface area contributed by atoms with E-state index in [1.165, 1.54) is 0 Å². The Balaban J connectivity index is 2.64. The number of carbonyl (C=O) groups excluding carboxylic acids is 1. The fourth-order valence-electron chi connectivity index (χ4n) is 1.43. The van der Waals surface area contributed by atoms with E-state index in [1.54, 1.807) is 6.08 Å². The smallest absolute Gasteiger partial charge is 0.238 e. The summed E-state index contributed by atoms with van der Waals surface area (Å²) < 4.78 is 0. The largest absolute Gasteiger partial charge is 0.349 e. The lowest BCUT2D eigenvalue weighted by atomic mass is 9.99. The lowest BCUT2D eigenvalue weighted by Gasteiger charge is -2.13. The molecule has 2 unspecified atom stereocenters. The third kappa shape index (κ3) is 4.12. The summed E-state index contributed by atoms with van der Waals surface area (Å²) >= 11 is 0. The SMILES string of the molecule is C=CC(C)NC(=O)C(C#N)Cc1ccccc1. The van der Waals surface area contributed by atoms with E-state index in [0.717, 1.165) is 5.56 Å². The summed E-state index contributed by atoms with van der Waals surface area (Å²) in [6.07, 6.45) is 2.07. The van der Waals surface area contributed by atoms with Gasteiger partial charge in [-0.1, -0.05) is 36.4 Å². The Morgan fingerprint density at radius 3 is 2.71 bits per heavy atom. The van der Waals surface area contributed by atoms with Crippen LogP contribution in [0.3, 0.4) is 0 Å². The molecule has 88 valence electrons. The molecule has 0 fully saturated rings. The first-order chi connectivity index (χ1) is 8.17. The minimum absolute atomic E-state index is 0.117. The summed E-state index contributed by atoms with van der Waals surface area (Å²) in [4.78, 5) is 11.8. The maximum atomic E-state index is 11.8. The van der Waals surface area contributed by atoms with Crippen molar-refractivity contribution in [2.24, 2.45) is 5.92 Å². The summed E-state index contributed by atoms with van der Waals surface area (Å²) in [5.74, 6) is -0.899. The van der Waals surface area contributed by atoms with Gasteiger partial charge in [0, 0.05) is 6.04 Å². The molecule has 0 aliphatic carbocycles. The Morgan fingerprint density at radius 1 is 1.53 bits per heavy atom. The second kappa shape index (κ2) is 6.49. The number of nitrogens with one attached hydrogen (secondary N) is 1. The van der Waals surface area contributed by atoms with Gasteiger partial charge in [-0.2, -0.15) is 5.26 Å². The van der Waals surface area contributed by atoms with Crippen LogP contribution in [0.5, 0.6) is 0 Å². The second-order valence-electron chi connectivity index (χ2n) is 3.90. The van der Waals surface area contributed by atoms with Gasteiger partial charge in [0.2, 0.25) is 5.91 Å². The maximum Gasteiger partial charge on any atom is 0.238 e. The highest BCUT2D eigenvalue weighted by atomic mass is 16.1. The number of rotatable bonds is 5. The highest BCUT2D eigenvalue weighted by Gasteiger charge is 2.18. The first-order valence-corrected chi connectivity index (χ1v) is 5.54. The highest BCUT2D eigenvalue weighted by Crippen LogP contribution is 2.08. The van der Waals surface area contributed by atoms with Crippen molar-refractivity contribution in [3.63, 3.8) is 0 Å². The molecule has 1 amide bonds. The van der Waals surface area contributed by atoms with Gasteiger partial charge in [-0.3, -0.25) is 4.79 Å². The van der Waals surface area contributed by atoms with Crippen LogP contribution in [-0.4, -0.2) is 11.9 Å². The van der Waals surface area contributed by atoms with Crippen LogP contribution in [0.15, 0.2) is 43.0 Å². The minimum atomic E-state index is -0.653. The van der Waals surface area contributed by atoms with Gasteiger partial charge in [-0.15, -0.1) is 6.58 Å². The second-order valence-corrected chi connectivity index (χ2v) is 3.90. The highest BCUT2D eigenvalue weighted by molar-refractivity contribution is 5.81. The third-order valence-corrected chi connectivity index (χ3v) is 2.48. The number of hydrogen-bond acceptors (Lipinski definition) is 2. The van der Waals surface area contributed by atoms with E-state index in [2.05, 4.69) is 11.9 Å². The van der Waals surface area contributed by atoms with Crippen molar-refractivity contribution < 1.29 is 4.79 Å². The van der Waals surface area contributed by atoms with Crippen molar-refractivity contribution >= 4 is 5.91 Å². The topological polar surface area (TPSA) is 52.9 Å². The average Bonchev–Trinajstić information content (AvgIpc) is 2.36. The van der Waals surface area contributed by atoms with Crippen molar-refractivity contribution in [1.82, 2.24) is 5.32 Å². The number of nitrogens with zero attached hydrogens (tertiary/aromatic N) is 1. The van der Waals surface area contributed by atoms with E-state index < -0.39 is 5.92 Å². The summed E-state index contributed by atoms with van der Waals surface area (Å²) in [6, 6.07) is 11.4. The summed E-state index contributed by atoms with van der Waals surface area (Å²) in [6.45, 7) is 5.41. The van der Waals surface area contributed by atoms with Crippen LogP contribution in [0, 0.1) is 17.2 Å². The maximum absolute atomic E-state index is 11.8. The number of hydrogen-bond donors (Lipinski definition) is 1. The molecule has 1 N–H and O–H groups in total. The molecule has 0 bridgehead atoms. The Kier molecular flexibility index (Phi) is 4.96. The summed E-state index contributed by atoms with van der Waals surface area (Å²) in [7, 11) is 0.